The van der Waals surface area contributed by atoms with Gasteiger partial charge in [0.15, 0.2) is 16.8 Å². The lowest BCUT2D eigenvalue weighted by molar-refractivity contribution is 0.0988. The molecular weight excluding hydrogens is 266 g/mol. The third-order valence-corrected chi connectivity index (χ3v) is 3.35. The number of nitrogens with zero attached hydrogens (tertiary/aromatic N) is 2. The van der Waals surface area contributed by atoms with Crippen LogP contribution in [0.15, 0.2) is 4.42 Å². The summed E-state index contributed by atoms with van der Waals surface area (Å²) in [6, 6.07) is 0. The van der Waals surface area contributed by atoms with E-state index >= 15 is 0 Å². The number of hydrogen-bond acceptors (Lipinski definition) is 6. The number of carbonyl (C=O) groups excluding carboxylic acids is 2. The summed E-state index contributed by atoms with van der Waals surface area (Å²) in [6.45, 7) is 6.59. The highest BCUT2D eigenvalue weighted by molar-refractivity contribution is 7.16. The summed E-state index contributed by atoms with van der Waals surface area (Å²) in [4.78, 5) is 32.2. The SMILES string of the molecule is CC(=O)c1nc(NC(=O)c2oc(C)nc2C)sc1C. The van der Waals surface area contributed by atoms with E-state index in [0.29, 0.717) is 22.4 Å². The van der Waals surface area contributed by atoms with Gasteiger partial charge < -0.3 is 4.42 Å². The average Bonchev–Trinajstić information content (AvgIpc) is 2.81. The first kappa shape index (κ1) is 13.4. The lowest BCUT2D eigenvalue weighted by atomic mass is 10.3. The Kier molecular flexibility index (Phi) is 3.48. The molecule has 19 heavy (non-hydrogen) atoms. The second-order valence-electron chi connectivity index (χ2n) is 4.08. The number of rotatable bonds is 3. The second-order valence-corrected chi connectivity index (χ2v) is 5.28. The molecule has 0 bridgehead atoms. The van der Waals surface area contributed by atoms with Crippen LogP contribution >= 0.6 is 11.3 Å². The maximum Gasteiger partial charge on any atom is 0.295 e. The molecule has 0 radical (unpaired) electrons. The number of hydrogen-bond donors (Lipinski definition) is 1. The standard InChI is InChI=1S/C12H13N3O3S/c1-5-10(18-8(4)13-5)11(17)15-12-14-9(6(2)16)7(3)19-12/h1-4H3,(H,14,15,17). The van der Waals surface area contributed by atoms with Crippen molar-refractivity contribution < 1.29 is 14.0 Å². The smallest absolute Gasteiger partial charge is 0.295 e. The van der Waals surface area contributed by atoms with Gasteiger partial charge >= 0.3 is 0 Å². The molecule has 6 nitrogen and oxygen atoms in total. The number of carbonyl (C=O) groups is 2. The fourth-order valence-corrected chi connectivity index (χ4v) is 2.53. The van der Waals surface area contributed by atoms with Crippen LogP contribution in [0.3, 0.4) is 0 Å². The molecule has 1 amide bonds. The Morgan fingerprint density at radius 1 is 1.21 bits per heavy atom. The van der Waals surface area contributed by atoms with Crippen molar-refractivity contribution in [2.45, 2.75) is 27.7 Å². The molecule has 2 aromatic rings. The third kappa shape index (κ3) is 2.70. The van der Waals surface area contributed by atoms with Gasteiger partial charge in [0.05, 0.1) is 5.69 Å². The molecule has 0 saturated heterocycles. The van der Waals surface area contributed by atoms with Crippen molar-refractivity contribution in [3.05, 3.63) is 27.9 Å². The van der Waals surface area contributed by atoms with Crippen molar-refractivity contribution in [2.24, 2.45) is 0 Å². The Balaban J connectivity index is 2.22. The minimum absolute atomic E-state index is 0.124. The van der Waals surface area contributed by atoms with Crippen LogP contribution in [-0.4, -0.2) is 21.7 Å². The van der Waals surface area contributed by atoms with Gasteiger partial charge in [-0.15, -0.1) is 11.3 Å². The Labute approximate surface area is 113 Å². The van der Waals surface area contributed by atoms with Gasteiger partial charge in [-0.2, -0.15) is 0 Å². The first-order valence-corrected chi connectivity index (χ1v) is 6.44. The minimum atomic E-state index is -0.415. The van der Waals surface area contributed by atoms with Gasteiger partial charge in [0.2, 0.25) is 5.76 Å². The van der Waals surface area contributed by atoms with E-state index < -0.39 is 5.91 Å². The summed E-state index contributed by atoms with van der Waals surface area (Å²) in [6.07, 6.45) is 0. The third-order valence-electron chi connectivity index (χ3n) is 2.46. The first-order chi connectivity index (χ1) is 8.88. The number of amides is 1. The van der Waals surface area contributed by atoms with E-state index in [1.807, 2.05) is 0 Å². The Hall–Kier alpha value is -2.02. The van der Waals surface area contributed by atoms with Crippen LogP contribution in [0.2, 0.25) is 0 Å². The highest BCUT2D eigenvalue weighted by atomic mass is 32.1. The van der Waals surface area contributed by atoms with Crippen molar-refractivity contribution in [1.29, 1.82) is 0 Å². The van der Waals surface area contributed by atoms with Gasteiger partial charge in [-0.25, -0.2) is 9.97 Å². The van der Waals surface area contributed by atoms with Crippen LogP contribution in [0.4, 0.5) is 5.13 Å². The Bertz CT molecular complexity index is 657. The molecule has 0 unspecified atom stereocenters. The number of anilines is 1. The highest BCUT2D eigenvalue weighted by Gasteiger charge is 2.19. The van der Waals surface area contributed by atoms with E-state index in [1.54, 1.807) is 20.8 Å². The summed E-state index contributed by atoms with van der Waals surface area (Å²) in [5, 5.41) is 2.99. The van der Waals surface area contributed by atoms with E-state index in [1.165, 1.54) is 18.3 Å². The zero-order chi connectivity index (χ0) is 14.2. The van der Waals surface area contributed by atoms with Gasteiger partial charge in [0.1, 0.15) is 5.69 Å². The van der Waals surface area contributed by atoms with Gasteiger partial charge in [0, 0.05) is 18.7 Å². The maximum absolute atomic E-state index is 12.0. The monoisotopic (exact) mass is 279 g/mol. The molecule has 0 spiro atoms. The maximum atomic E-state index is 12.0. The highest BCUT2D eigenvalue weighted by Crippen LogP contribution is 2.23. The lowest BCUT2D eigenvalue weighted by Crippen LogP contribution is -2.12. The van der Waals surface area contributed by atoms with E-state index in [-0.39, 0.29) is 11.5 Å². The van der Waals surface area contributed by atoms with Gasteiger partial charge in [-0.05, 0) is 13.8 Å². The van der Waals surface area contributed by atoms with Crippen molar-refractivity contribution in [3.8, 4) is 0 Å². The lowest BCUT2D eigenvalue weighted by Gasteiger charge is -1.97. The molecule has 0 saturated carbocycles. The zero-order valence-corrected chi connectivity index (χ0v) is 11.8. The quantitative estimate of drug-likeness (QED) is 0.872. The molecule has 2 heterocycles. The zero-order valence-electron chi connectivity index (χ0n) is 11.0. The summed E-state index contributed by atoms with van der Waals surface area (Å²) < 4.78 is 5.22. The Morgan fingerprint density at radius 2 is 1.89 bits per heavy atom. The molecule has 0 atom stereocenters. The van der Waals surface area contributed by atoms with Crippen molar-refractivity contribution in [2.75, 3.05) is 5.32 Å². The molecule has 7 heteroatoms. The second kappa shape index (κ2) is 4.93. The predicted octanol–water partition coefficient (Wildman–Crippen LogP) is 2.51. The molecule has 2 rings (SSSR count). The number of thiazole rings is 1. The number of Topliss-reactive ketones (excluding diaryl/α,β-unsaturated/α-hetero) is 1. The summed E-state index contributed by atoms with van der Waals surface area (Å²) >= 11 is 1.25. The van der Waals surface area contributed by atoms with Gasteiger partial charge in [0.25, 0.3) is 5.91 Å². The summed E-state index contributed by atoms with van der Waals surface area (Å²) in [7, 11) is 0. The fraction of sp³-hybridized carbons (Fsp3) is 0.333. The minimum Gasteiger partial charge on any atom is -0.436 e. The van der Waals surface area contributed by atoms with E-state index in [0.717, 1.165) is 4.88 Å². The molecule has 1 N–H and O–H groups in total. The number of nitrogens with one attached hydrogen (secondary N) is 1. The Morgan fingerprint density at radius 3 is 2.37 bits per heavy atom. The summed E-state index contributed by atoms with van der Waals surface area (Å²) in [5.74, 6) is 0.0556. The number of aromatic nitrogens is 2. The van der Waals surface area contributed by atoms with Crippen LogP contribution < -0.4 is 5.32 Å². The van der Waals surface area contributed by atoms with E-state index in [4.69, 9.17) is 4.42 Å². The molecule has 0 fully saturated rings. The average molecular weight is 279 g/mol. The number of ketones is 1. The van der Waals surface area contributed by atoms with Crippen molar-refractivity contribution in [3.63, 3.8) is 0 Å². The first-order valence-electron chi connectivity index (χ1n) is 5.62. The van der Waals surface area contributed by atoms with Crippen molar-refractivity contribution >= 4 is 28.2 Å². The normalized spacial score (nSPS) is 10.5. The molecule has 0 aliphatic carbocycles. The topological polar surface area (TPSA) is 85.1 Å². The fourth-order valence-electron chi connectivity index (χ4n) is 1.67. The van der Waals surface area contributed by atoms with Crippen molar-refractivity contribution in [1.82, 2.24) is 9.97 Å². The van der Waals surface area contributed by atoms with Gasteiger partial charge in [-0.3, -0.25) is 14.9 Å². The van der Waals surface area contributed by atoms with Crippen LogP contribution in [0.5, 0.6) is 0 Å². The molecule has 0 aromatic carbocycles. The molecule has 100 valence electrons. The van der Waals surface area contributed by atoms with Crippen LogP contribution in [0.1, 0.15) is 44.4 Å². The van der Waals surface area contributed by atoms with Crippen LogP contribution in [-0.2, 0) is 0 Å². The number of oxazole rings is 1. The number of aryl methyl sites for hydroxylation is 3. The molecular formula is C12H13N3O3S. The summed E-state index contributed by atoms with van der Waals surface area (Å²) in [5.41, 5.74) is 0.904. The predicted molar refractivity (Wildman–Crippen MR) is 70.8 cm³/mol. The van der Waals surface area contributed by atoms with Gasteiger partial charge in [-0.1, -0.05) is 0 Å². The molecule has 0 aliphatic heterocycles. The largest absolute Gasteiger partial charge is 0.436 e. The van der Waals surface area contributed by atoms with E-state index in [9.17, 15) is 9.59 Å². The van der Waals surface area contributed by atoms with Crippen LogP contribution in [0.25, 0.3) is 0 Å². The van der Waals surface area contributed by atoms with Crippen LogP contribution in [0, 0.1) is 20.8 Å². The van der Waals surface area contributed by atoms with E-state index in [2.05, 4.69) is 15.3 Å². The molecule has 2 aromatic heterocycles. The molecule has 0 aliphatic rings.